The van der Waals surface area contributed by atoms with Crippen LogP contribution < -0.4 is 5.48 Å². The molecule has 40 valence electrons. The molecule has 0 aliphatic carbocycles. The van der Waals surface area contributed by atoms with Crippen LogP contribution in [0.1, 0.15) is 0 Å². The van der Waals surface area contributed by atoms with Gasteiger partial charge in [-0.15, -0.1) is 0 Å². The molecule has 0 unspecified atom stereocenters. The molecule has 0 atom stereocenters. The van der Waals surface area contributed by atoms with E-state index in [0.717, 1.165) is 0 Å². The van der Waals surface area contributed by atoms with Gasteiger partial charge < -0.3 is 4.84 Å². The van der Waals surface area contributed by atoms with E-state index in [9.17, 15) is 0 Å². The summed E-state index contributed by atoms with van der Waals surface area (Å²) in [4.78, 5) is 7.87. The molecule has 3 heteroatoms. The largest absolute Gasteiger partial charge is 0.389 e. The predicted octanol–water partition coefficient (Wildman–Crippen LogP) is 0.309. The molecule has 0 saturated carbocycles. The van der Waals surface area contributed by atoms with Gasteiger partial charge in [-0.1, -0.05) is 0 Å². The maximum absolute atomic E-state index is 4.52. The van der Waals surface area contributed by atoms with Gasteiger partial charge in [0.2, 0.25) is 5.88 Å². The quantitative estimate of drug-likeness (QED) is 0.314. The van der Waals surface area contributed by atoms with Crippen molar-refractivity contribution in [1.29, 1.82) is 0 Å². The van der Waals surface area contributed by atoms with Crippen LogP contribution in [0.25, 0.3) is 0 Å². The normalized spacial score (nSPS) is 7.57. The highest BCUT2D eigenvalue weighted by atomic mass is 16.7. The monoisotopic (exact) mass is 100 g/mol. The van der Waals surface area contributed by atoms with E-state index < -0.39 is 0 Å². The predicted molar refractivity (Wildman–Crippen MR) is 28.8 cm³/mol. The number of rotatable bonds is 3. The minimum Gasteiger partial charge on any atom is -0.389 e. The highest BCUT2D eigenvalue weighted by Gasteiger charge is 1.78. The average Bonchev–Trinajstić information content (AvgIpc) is 1.68. The molecule has 0 saturated heterocycles. The standard InChI is InChI=1S/C4H8N2O/c1-4(5-2)7-6-3/h6H,1-2H2,3H3. The third kappa shape index (κ3) is 2.99. The smallest absolute Gasteiger partial charge is 0.229 e. The van der Waals surface area contributed by atoms with E-state index >= 15 is 0 Å². The van der Waals surface area contributed by atoms with Crippen LogP contribution in [0.4, 0.5) is 0 Å². The first-order valence-electron chi connectivity index (χ1n) is 1.80. The molecule has 0 fully saturated rings. The van der Waals surface area contributed by atoms with E-state index in [1.165, 1.54) is 0 Å². The fourth-order valence-corrected chi connectivity index (χ4v) is 0.150. The zero-order chi connectivity index (χ0) is 5.70. The minimum absolute atomic E-state index is 0.280. The van der Waals surface area contributed by atoms with Gasteiger partial charge in [0.15, 0.2) is 0 Å². The van der Waals surface area contributed by atoms with Crippen molar-refractivity contribution >= 4 is 6.72 Å². The lowest BCUT2D eigenvalue weighted by molar-refractivity contribution is 0.127. The Bertz CT molecular complexity index is 79.8. The van der Waals surface area contributed by atoms with E-state index in [4.69, 9.17) is 0 Å². The zero-order valence-corrected chi connectivity index (χ0v) is 4.27. The number of aliphatic imine (C=N–C) groups is 1. The number of hydroxylamine groups is 1. The fraction of sp³-hybridized carbons (Fsp3) is 0.250. The highest BCUT2D eigenvalue weighted by Crippen LogP contribution is 1.85. The molecule has 0 spiro atoms. The average molecular weight is 100 g/mol. The Kier molecular flexibility index (Phi) is 2.96. The van der Waals surface area contributed by atoms with Crippen LogP contribution in [0, 0.1) is 0 Å². The van der Waals surface area contributed by atoms with Crippen molar-refractivity contribution in [1.82, 2.24) is 5.48 Å². The molecule has 0 heterocycles. The van der Waals surface area contributed by atoms with Gasteiger partial charge in [0, 0.05) is 7.05 Å². The van der Waals surface area contributed by atoms with Crippen molar-refractivity contribution in [2.45, 2.75) is 0 Å². The van der Waals surface area contributed by atoms with Crippen LogP contribution in [0.15, 0.2) is 17.5 Å². The second-order valence-corrected chi connectivity index (χ2v) is 0.858. The van der Waals surface area contributed by atoms with Crippen LogP contribution >= 0.6 is 0 Å². The van der Waals surface area contributed by atoms with E-state index in [0.29, 0.717) is 0 Å². The summed E-state index contributed by atoms with van der Waals surface area (Å²) in [5.41, 5.74) is 2.39. The zero-order valence-electron chi connectivity index (χ0n) is 4.27. The number of nitrogens with zero attached hydrogens (tertiary/aromatic N) is 1. The molecule has 0 radical (unpaired) electrons. The Labute approximate surface area is 42.7 Å². The van der Waals surface area contributed by atoms with E-state index in [2.05, 4.69) is 28.6 Å². The van der Waals surface area contributed by atoms with Gasteiger partial charge >= 0.3 is 0 Å². The van der Waals surface area contributed by atoms with Crippen molar-refractivity contribution in [2.24, 2.45) is 4.99 Å². The molecule has 0 aromatic heterocycles. The van der Waals surface area contributed by atoms with Crippen LogP contribution in [0.5, 0.6) is 0 Å². The van der Waals surface area contributed by atoms with Crippen molar-refractivity contribution in [3.05, 3.63) is 12.5 Å². The summed E-state index contributed by atoms with van der Waals surface area (Å²) in [6, 6.07) is 0. The van der Waals surface area contributed by atoms with Gasteiger partial charge in [0.1, 0.15) is 0 Å². The number of hydrogen-bond acceptors (Lipinski definition) is 3. The third-order valence-electron chi connectivity index (χ3n) is 0.396. The van der Waals surface area contributed by atoms with Gasteiger partial charge in [-0.3, -0.25) is 0 Å². The molecule has 3 nitrogen and oxygen atoms in total. The lowest BCUT2D eigenvalue weighted by Gasteiger charge is -1.96. The number of nitrogens with one attached hydrogen (secondary N) is 1. The lowest BCUT2D eigenvalue weighted by Crippen LogP contribution is -2.04. The van der Waals surface area contributed by atoms with Crippen molar-refractivity contribution in [3.63, 3.8) is 0 Å². The van der Waals surface area contributed by atoms with Gasteiger partial charge in [0.25, 0.3) is 0 Å². The first kappa shape index (κ1) is 6.17. The highest BCUT2D eigenvalue weighted by molar-refractivity contribution is 5.26. The van der Waals surface area contributed by atoms with E-state index in [1.807, 2.05) is 0 Å². The van der Waals surface area contributed by atoms with Crippen LogP contribution in [-0.4, -0.2) is 13.8 Å². The van der Waals surface area contributed by atoms with E-state index in [1.54, 1.807) is 7.05 Å². The summed E-state index contributed by atoms with van der Waals surface area (Å²) in [5.74, 6) is 0.280. The van der Waals surface area contributed by atoms with Gasteiger partial charge in [-0.2, -0.15) is 5.48 Å². The maximum Gasteiger partial charge on any atom is 0.229 e. The summed E-state index contributed by atoms with van der Waals surface area (Å²) in [6.07, 6.45) is 0. The molecule has 0 aromatic rings. The van der Waals surface area contributed by atoms with Crippen molar-refractivity contribution in [3.8, 4) is 0 Å². The first-order valence-corrected chi connectivity index (χ1v) is 1.80. The summed E-state index contributed by atoms with van der Waals surface area (Å²) < 4.78 is 0. The van der Waals surface area contributed by atoms with Gasteiger partial charge in [-0.25, -0.2) is 4.99 Å². The Morgan fingerprint density at radius 1 is 1.86 bits per heavy atom. The van der Waals surface area contributed by atoms with E-state index in [-0.39, 0.29) is 5.88 Å². The molecule has 0 amide bonds. The van der Waals surface area contributed by atoms with Gasteiger partial charge in [-0.05, 0) is 13.3 Å². The second kappa shape index (κ2) is 3.36. The molecule has 0 bridgehead atoms. The molecule has 0 aliphatic rings. The topological polar surface area (TPSA) is 33.6 Å². The Morgan fingerprint density at radius 3 is 2.57 bits per heavy atom. The minimum atomic E-state index is 0.280. The van der Waals surface area contributed by atoms with Crippen LogP contribution in [0.2, 0.25) is 0 Å². The molecular formula is C4H8N2O. The number of hydrogen-bond donors (Lipinski definition) is 1. The lowest BCUT2D eigenvalue weighted by atomic mass is 10.9. The molecule has 0 aliphatic heterocycles. The Hall–Kier alpha value is -0.830. The summed E-state index contributed by atoms with van der Waals surface area (Å²) in [6.45, 7) is 6.51. The van der Waals surface area contributed by atoms with Gasteiger partial charge in [0.05, 0.1) is 0 Å². The van der Waals surface area contributed by atoms with Crippen LogP contribution in [0.3, 0.4) is 0 Å². The van der Waals surface area contributed by atoms with Crippen molar-refractivity contribution in [2.75, 3.05) is 7.05 Å². The summed E-state index contributed by atoms with van der Waals surface area (Å²) >= 11 is 0. The third-order valence-corrected chi connectivity index (χ3v) is 0.396. The molecule has 1 N–H and O–H groups in total. The molecule has 7 heavy (non-hydrogen) atoms. The fourth-order valence-electron chi connectivity index (χ4n) is 0.150. The molecular weight excluding hydrogens is 92.1 g/mol. The summed E-state index contributed by atoms with van der Waals surface area (Å²) in [5, 5.41) is 0. The van der Waals surface area contributed by atoms with Crippen LogP contribution in [-0.2, 0) is 4.84 Å². The molecule has 0 aromatic carbocycles. The maximum atomic E-state index is 4.52. The Balaban J connectivity index is 3.17. The first-order chi connectivity index (χ1) is 3.31. The van der Waals surface area contributed by atoms with Crippen molar-refractivity contribution < 1.29 is 4.84 Å². The molecule has 0 rings (SSSR count). The SMILES string of the molecule is C=NC(=C)ONC. The second-order valence-electron chi connectivity index (χ2n) is 0.858. The Morgan fingerprint density at radius 2 is 2.43 bits per heavy atom. The summed E-state index contributed by atoms with van der Waals surface area (Å²) in [7, 11) is 1.62.